The minimum Gasteiger partial charge on any atom is -1.00 e. The van der Waals surface area contributed by atoms with Crippen LogP contribution < -0.4 is 0 Å². The number of hydrogen-bond acceptors (Lipinski definition) is 1. The van der Waals surface area contributed by atoms with Gasteiger partial charge in [0.2, 0.25) is 0 Å². The number of carboxylic acid groups (broad SMARTS) is 2. The third-order valence-electron chi connectivity index (χ3n) is 0. The average molecular weight is 188 g/mol. The van der Waals surface area contributed by atoms with Gasteiger partial charge in [-0.3, -0.25) is 0 Å². The molecule has 0 bridgehead atoms. The van der Waals surface area contributed by atoms with E-state index in [1.807, 2.05) is 0 Å². The minimum absolute atomic E-state index is 0. The average Bonchev–Trinajstić information content (AvgIpc) is 0.811. The van der Waals surface area contributed by atoms with Crippen LogP contribution in [0.3, 0.4) is 0 Å². The van der Waals surface area contributed by atoms with Gasteiger partial charge < -0.3 is 29.5 Å². The number of hydrogen-bond donors (Lipinski definition) is 2. The van der Waals surface area contributed by atoms with Gasteiger partial charge in [-0.1, -0.05) is 0 Å². The van der Waals surface area contributed by atoms with E-state index in [9.17, 15) is 0 Å². The molecule has 0 spiro atoms. The predicted molar refractivity (Wildman–Crippen MR) is 39.4 cm³/mol. The first-order valence-electron chi connectivity index (χ1n) is 0.651. The molecule has 0 aromatic rings. The Balaban J connectivity index is -0.00000000214. The molecule has 8 N–H and O–H groups in total. The van der Waals surface area contributed by atoms with Crippen molar-refractivity contribution >= 4 is 61.3 Å². The summed E-state index contributed by atoms with van der Waals surface area (Å²) in [5.41, 5.74) is 0. The van der Waals surface area contributed by atoms with Crippen molar-refractivity contribution in [1.82, 2.24) is 0 Å². The molecule has 0 saturated heterocycles. The maximum Gasteiger partial charge on any atom is 2.00 e. The molecule has 0 atom stereocenters. The van der Waals surface area contributed by atoms with E-state index in [-0.39, 0.29) is 74.4 Å². The molecular weight excluding hydrogens is 175 g/mol. The summed E-state index contributed by atoms with van der Waals surface area (Å²) < 4.78 is 0. The van der Waals surface area contributed by atoms with Crippen molar-refractivity contribution in [2.45, 2.75) is 0 Å². The molecule has 0 rings (SSSR count). The summed E-state index contributed by atoms with van der Waals surface area (Å²) in [6.07, 6.45) is -1.83. The quantitative estimate of drug-likeness (QED) is 0.377. The Kier molecular flexibility index (Phi) is 206. The molecule has 0 aromatic heterocycles. The van der Waals surface area contributed by atoms with Crippen molar-refractivity contribution in [3.63, 3.8) is 0 Å². The molecule has 8 heteroatoms. The van der Waals surface area contributed by atoms with Crippen molar-refractivity contribution < 1.29 is 34.3 Å². The second kappa shape index (κ2) is 36.3. The Bertz CT molecular complexity index is 43.6. The Morgan fingerprint density at radius 1 is 1.11 bits per heavy atom. The van der Waals surface area contributed by atoms with E-state index < -0.39 is 6.16 Å². The fourth-order valence-electron chi connectivity index (χ4n) is 0. The van der Waals surface area contributed by atoms with Crippen LogP contribution in [-0.2, 0) is 0 Å². The van der Waals surface area contributed by atoms with Gasteiger partial charge >= 0.3 is 43.9 Å². The van der Waals surface area contributed by atoms with Crippen LogP contribution in [0.5, 0.6) is 0 Å². The maximum absolute atomic E-state index is 8.56. The van der Waals surface area contributed by atoms with Crippen LogP contribution >= 0.6 is 0 Å². The van der Waals surface area contributed by atoms with E-state index in [0.717, 1.165) is 0 Å². The fourth-order valence-corrected chi connectivity index (χ4v) is 0. The Morgan fingerprint density at radius 3 is 1.11 bits per heavy atom. The molecule has 0 aliphatic rings. The van der Waals surface area contributed by atoms with Crippen LogP contribution in [0.2, 0.25) is 0 Å². The zero-order valence-corrected chi connectivity index (χ0v) is 6.22. The van der Waals surface area contributed by atoms with E-state index >= 15 is 0 Å². The summed E-state index contributed by atoms with van der Waals surface area (Å²) in [5, 5.41) is 13.9. The topological polar surface area (TPSA) is 152 Å². The van der Waals surface area contributed by atoms with Crippen molar-refractivity contribution in [2.75, 3.05) is 0 Å². The summed E-state index contributed by atoms with van der Waals surface area (Å²) in [6.45, 7) is 0. The standard InChI is InChI=1S/CH2O3.Al.Ca.3H2O.5H/c2-1(3)4;;;;;;;;;;/h(H2,2,3,4);;;3*1H2;;;;;/q;;+2;;;;;;;2*-1. The third kappa shape index (κ3) is 485. The van der Waals surface area contributed by atoms with Crippen LogP contribution in [-0.4, -0.2) is 87.9 Å². The van der Waals surface area contributed by atoms with Crippen LogP contribution in [0.15, 0.2) is 0 Å². The van der Waals surface area contributed by atoms with Gasteiger partial charge in [-0.2, -0.15) is 0 Å². The molecule has 58 valence electrons. The molecule has 0 amide bonds. The van der Waals surface area contributed by atoms with E-state index in [1.54, 1.807) is 0 Å². The molecule has 0 fully saturated rings. The zero-order valence-electron chi connectivity index (χ0n) is 6.01. The van der Waals surface area contributed by atoms with Crippen LogP contribution in [0, 0.1) is 0 Å². The van der Waals surface area contributed by atoms with Crippen LogP contribution in [0.4, 0.5) is 4.79 Å². The van der Waals surface area contributed by atoms with Gasteiger partial charge in [0.15, 0.2) is 17.4 Å². The van der Waals surface area contributed by atoms with E-state index in [4.69, 9.17) is 15.0 Å². The van der Waals surface area contributed by atoms with Gasteiger partial charge in [-0.05, 0) is 0 Å². The monoisotopic (exact) mass is 188 g/mol. The minimum atomic E-state index is -1.83. The molecule has 0 heterocycles. The van der Waals surface area contributed by atoms with E-state index in [2.05, 4.69) is 0 Å². The smallest absolute Gasteiger partial charge is 1.00 e. The number of rotatable bonds is 0. The summed E-state index contributed by atoms with van der Waals surface area (Å²) >= 11 is 0. The molecule has 0 aliphatic heterocycles. The van der Waals surface area contributed by atoms with Crippen molar-refractivity contribution in [2.24, 2.45) is 0 Å². The van der Waals surface area contributed by atoms with E-state index in [1.165, 1.54) is 0 Å². The maximum atomic E-state index is 8.56. The molecule has 9 heavy (non-hydrogen) atoms. The molecule has 0 saturated carbocycles. The fraction of sp³-hybridized carbons (Fsp3) is 0. The molecular formula is CH13AlCaO6. The molecule has 6 nitrogen and oxygen atoms in total. The first kappa shape index (κ1) is 51.2. The van der Waals surface area contributed by atoms with Crippen molar-refractivity contribution in [3.05, 3.63) is 0 Å². The van der Waals surface area contributed by atoms with Crippen LogP contribution in [0.25, 0.3) is 0 Å². The molecule has 0 radical (unpaired) electrons. The van der Waals surface area contributed by atoms with Gasteiger partial charge in [-0.25, -0.2) is 4.79 Å². The van der Waals surface area contributed by atoms with Gasteiger partial charge in [0.25, 0.3) is 0 Å². The zero-order chi connectivity index (χ0) is 3.58. The Morgan fingerprint density at radius 2 is 1.11 bits per heavy atom. The summed E-state index contributed by atoms with van der Waals surface area (Å²) in [4.78, 5) is 8.56. The molecule has 0 aromatic carbocycles. The SMILES string of the molecule is O.O.O.O=C(O)O.[AlH3].[Ca+2].[H-].[H-]. The van der Waals surface area contributed by atoms with Gasteiger partial charge in [-0.15, -0.1) is 0 Å². The second-order valence-corrected chi connectivity index (χ2v) is 0.283. The summed E-state index contributed by atoms with van der Waals surface area (Å²) in [7, 11) is 0. The summed E-state index contributed by atoms with van der Waals surface area (Å²) in [5.74, 6) is 0. The number of carbonyl (C=O) groups is 1. The predicted octanol–water partition coefficient (Wildman–Crippen LogP) is -3.59. The van der Waals surface area contributed by atoms with Crippen molar-refractivity contribution in [1.29, 1.82) is 0 Å². The normalized spacial score (nSPS) is 2.67. The summed E-state index contributed by atoms with van der Waals surface area (Å²) in [6, 6.07) is 0. The molecule has 0 unspecified atom stereocenters. The Hall–Kier alpha value is 0.942. The third-order valence-corrected chi connectivity index (χ3v) is 0. The van der Waals surface area contributed by atoms with Gasteiger partial charge in [0, 0.05) is 0 Å². The first-order chi connectivity index (χ1) is 1.73. The second-order valence-electron chi connectivity index (χ2n) is 0.283. The van der Waals surface area contributed by atoms with Gasteiger partial charge in [0.1, 0.15) is 0 Å². The molecule has 0 aliphatic carbocycles. The Labute approximate surface area is 94.9 Å². The van der Waals surface area contributed by atoms with Crippen LogP contribution in [0.1, 0.15) is 2.85 Å². The van der Waals surface area contributed by atoms with E-state index in [0.29, 0.717) is 0 Å². The largest absolute Gasteiger partial charge is 2.00 e. The van der Waals surface area contributed by atoms with Crippen molar-refractivity contribution in [3.8, 4) is 0 Å². The van der Waals surface area contributed by atoms with Gasteiger partial charge in [0.05, 0.1) is 0 Å². The first-order valence-corrected chi connectivity index (χ1v) is 0.651.